The van der Waals surface area contributed by atoms with Crippen molar-refractivity contribution in [2.75, 3.05) is 33.7 Å². The second-order valence-corrected chi connectivity index (χ2v) is 4.87. The van der Waals surface area contributed by atoms with Gasteiger partial charge in [-0.05, 0) is 32.4 Å². The summed E-state index contributed by atoms with van der Waals surface area (Å²) in [7, 11) is 3.85. The first-order valence-corrected chi connectivity index (χ1v) is 5.26. The first kappa shape index (κ1) is 9.93. The van der Waals surface area contributed by atoms with Crippen LogP contribution in [-0.2, 0) is 4.79 Å². The molecule has 3 aliphatic rings. The molecule has 0 radical (unpaired) electrons. The molecule has 4 nitrogen and oxygen atoms in total. The summed E-state index contributed by atoms with van der Waals surface area (Å²) in [6, 6.07) is 0.360. The molecule has 2 heterocycles. The van der Waals surface area contributed by atoms with E-state index in [2.05, 4.69) is 0 Å². The van der Waals surface area contributed by atoms with Crippen LogP contribution in [0.2, 0.25) is 0 Å². The lowest BCUT2D eigenvalue weighted by atomic mass is 9.67. The van der Waals surface area contributed by atoms with E-state index in [1.807, 2.05) is 23.9 Å². The highest BCUT2D eigenvalue weighted by Crippen LogP contribution is 2.38. The van der Waals surface area contributed by atoms with Gasteiger partial charge in [0.15, 0.2) is 0 Å². The summed E-state index contributed by atoms with van der Waals surface area (Å²) in [6.07, 6.45) is 1.23. The van der Waals surface area contributed by atoms with Gasteiger partial charge < -0.3 is 15.5 Å². The molecule has 2 saturated heterocycles. The summed E-state index contributed by atoms with van der Waals surface area (Å²) in [5.41, 5.74) is 5.94. The first-order valence-electron chi connectivity index (χ1n) is 5.26. The van der Waals surface area contributed by atoms with Gasteiger partial charge in [0, 0.05) is 19.1 Å². The number of piperidine rings is 2. The van der Waals surface area contributed by atoms with Crippen molar-refractivity contribution < 1.29 is 4.79 Å². The predicted molar refractivity (Wildman–Crippen MR) is 54.7 cm³/mol. The number of fused-ring (bicyclic) bond motifs is 2. The van der Waals surface area contributed by atoms with Gasteiger partial charge in [-0.3, -0.25) is 4.79 Å². The van der Waals surface area contributed by atoms with Crippen molar-refractivity contribution in [3.63, 3.8) is 0 Å². The van der Waals surface area contributed by atoms with Crippen molar-refractivity contribution in [3.8, 4) is 0 Å². The van der Waals surface area contributed by atoms with Crippen LogP contribution < -0.4 is 5.73 Å². The van der Waals surface area contributed by atoms with E-state index in [4.69, 9.17) is 5.73 Å². The summed E-state index contributed by atoms with van der Waals surface area (Å²) >= 11 is 0. The van der Waals surface area contributed by atoms with E-state index in [1.54, 1.807) is 0 Å². The molecular weight excluding hydrogens is 178 g/mol. The molecule has 4 heteroatoms. The molecule has 2 bridgehead atoms. The molecule has 2 atom stereocenters. The summed E-state index contributed by atoms with van der Waals surface area (Å²) in [4.78, 5) is 15.6. The number of amides is 1. The molecule has 3 rings (SSSR count). The van der Waals surface area contributed by atoms with E-state index in [1.165, 1.54) is 6.42 Å². The standard InChI is InChI=1S/C10H19N3O/c1-12(2)6-9(14)13-4-7-3-8(5-13)10(7)11/h7-8,10H,3-6,11H2,1-2H3. The Morgan fingerprint density at radius 3 is 2.43 bits per heavy atom. The fourth-order valence-corrected chi connectivity index (χ4v) is 2.50. The molecule has 0 aromatic heterocycles. The SMILES string of the molecule is CN(C)CC(=O)N1CC2CC(C1)C2N. The Balaban J connectivity index is 1.86. The van der Waals surface area contributed by atoms with Crippen molar-refractivity contribution in [2.45, 2.75) is 12.5 Å². The normalized spacial score (nSPS) is 35.7. The summed E-state index contributed by atoms with van der Waals surface area (Å²) in [6.45, 7) is 2.28. The molecule has 1 saturated carbocycles. The number of carbonyl (C=O) groups is 1. The summed E-state index contributed by atoms with van der Waals surface area (Å²) < 4.78 is 0. The van der Waals surface area contributed by atoms with Crippen LogP contribution in [0.3, 0.4) is 0 Å². The van der Waals surface area contributed by atoms with E-state index in [0.29, 0.717) is 24.4 Å². The minimum atomic E-state index is 0.247. The fourth-order valence-electron chi connectivity index (χ4n) is 2.50. The molecule has 0 aromatic rings. The molecular formula is C10H19N3O. The maximum Gasteiger partial charge on any atom is 0.236 e. The smallest absolute Gasteiger partial charge is 0.236 e. The van der Waals surface area contributed by atoms with Crippen LogP contribution in [0.4, 0.5) is 0 Å². The zero-order chi connectivity index (χ0) is 10.3. The lowest BCUT2D eigenvalue weighted by Gasteiger charge is -2.52. The largest absolute Gasteiger partial charge is 0.341 e. The zero-order valence-corrected chi connectivity index (χ0v) is 8.94. The summed E-state index contributed by atoms with van der Waals surface area (Å²) in [5, 5.41) is 0. The maximum absolute atomic E-state index is 11.7. The molecule has 2 unspecified atom stereocenters. The lowest BCUT2D eigenvalue weighted by molar-refractivity contribution is -0.139. The molecule has 3 fully saturated rings. The Kier molecular flexibility index (Phi) is 2.49. The maximum atomic E-state index is 11.7. The molecule has 0 aromatic carbocycles. The molecule has 14 heavy (non-hydrogen) atoms. The molecule has 1 amide bonds. The van der Waals surface area contributed by atoms with Crippen LogP contribution in [-0.4, -0.2) is 55.5 Å². The van der Waals surface area contributed by atoms with Crippen molar-refractivity contribution in [1.82, 2.24) is 9.80 Å². The minimum absolute atomic E-state index is 0.247. The fraction of sp³-hybridized carbons (Fsp3) is 0.900. The van der Waals surface area contributed by atoms with Crippen LogP contribution in [0.5, 0.6) is 0 Å². The van der Waals surface area contributed by atoms with Crippen molar-refractivity contribution >= 4 is 5.91 Å². The Hall–Kier alpha value is -0.610. The highest BCUT2D eigenvalue weighted by Gasteiger charge is 2.45. The third-order valence-corrected chi connectivity index (χ3v) is 3.41. The second-order valence-electron chi connectivity index (χ2n) is 4.87. The van der Waals surface area contributed by atoms with Gasteiger partial charge in [0.1, 0.15) is 0 Å². The number of likely N-dealkylation sites (N-methyl/N-ethyl adjacent to an activating group) is 1. The van der Waals surface area contributed by atoms with Gasteiger partial charge in [-0.15, -0.1) is 0 Å². The van der Waals surface area contributed by atoms with Gasteiger partial charge in [-0.25, -0.2) is 0 Å². The number of rotatable bonds is 2. The topological polar surface area (TPSA) is 49.6 Å². The molecule has 2 aliphatic heterocycles. The highest BCUT2D eigenvalue weighted by atomic mass is 16.2. The van der Waals surface area contributed by atoms with Crippen LogP contribution in [0.15, 0.2) is 0 Å². The number of nitrogens with zero attached hydrogens (tertiary/aromatic N) is 2. The third kappa shape index (κ3) is 1.64. The first-order chi connectivity index (χ1) is 6.58. The Morgan fingerprint density at radius 2 is 2.00 bits per heavy atom. The minimum Gasteiger partial charge on any atom is -0.341 e. The van der Waals surface area contributed by atoms with E-state index in [-0.39, 0.29) is 5.91 Å². The van der Waals surface area contributed by atoms with E-state index >= 15 is 0 Å². The van der Waals surface area contributed by atoms with Gasteiger partial charge in [0.05, 0.1) is 6.54 Å². The number of hydrogen-bond acceptors (Lipinski definition) is 3. The number of nitrogens with two attached hydrogens (primary N) is 1. The number of carbonyl (C=O) groups excluding carboxylic acids is 1. The third-order valence-electron chi connectivity index (χ3n) is 3.41. The second kappa shape index (κ2) is 3.51. The Labute approximate surface area is 85.0 Å². The predicted octanol–water partition coefficient (Wildman–Crippen LogP) is -0.646. The average molecular weight is 197 g/mol. The molecule has 2 N–H and O–H groups in total. The van der Waals surface area contributed by atoms with Gasteiger partial charge in [-0.2, -0.15) is 0 Å². The average Bonchev–Trinajstić information content (AvgIpc) is 2.16. The monoisotopic (exact) mass is 197 g/mol. The van der Waals surface area contributed by atoms with Crippen molar-refractivity contribution in [1.29, 1.82) is 0 Å². The molecule has 1 aliphatic carbocycles. The van der Waals surface area contributed by atoms with Gasteiger partial charge in [-0.1, -0.05) is 0 Å². The van der Waals surface area contributed by atoms with Gasteiger partial charge in [0.25, 0.3) is 0 Å². The summed E-state index contributed by atoms with van der Waals surface area (Å²) in [5.74, 6) is 1.39. The van der Waals surface area contributed by atoms with Crippen LogP contribution >= 0.6 is 0 Å². The van der Waals surface area contributed by atoms with E-state index in [9.17, 15) is 4.79 Å². The van der Waals surface area contributed by atoms with E-state index < -0.39 is 0 Å². The zero-order valence-electron chi connectivity index (χ0n) is 8.94. The highest BCUT2D eigenvalue weighted by molar-refractivity contribution is 5.78. The molecule has 0 spiro atoms. The molecule has 80 valence electrons. The van der Waals surface area contributed by atoms with Crippen LogP contribution in [0.1, 0.15) is 6.42 Å². The van der Waals surface area contributed by atoms with Crippen LogP contribution in [0.25, 0.3) is 0 Å². The number of hydrogen-bond donors (Lipinski definition) is 1. The Bertz CT molecular complexity index is 230. The van der Waals surface area contributed by atoms with Crippen molar-refractivity contribution in [3.05, 3.63) is 0 Å². The van der Waals surface area contributed by atoms with Gasteiger partial charge >= 0.3 is 0 Å². The Morgan fingerprint density at radius 1 is 1.43 bits per heavy atom. The van der Waals surface area contributed by atoms with Gasteiger partial charge in [0.2, 0.25) is 5.91 Å². The van der Waals surface area contributed by atoms with Crippen molar-refractivity contribution in [2.24, 2.45) is 17.6 Å². The van der Waals surface area contributed by atoms with E-state index in [0.717, 1.165) is 13.1 Å². The van der Waals surface area contributed by atoms with Crippen LogP contribution in [0, 0.1) is 11.8 Å². The quantitative estimate of drug-likeness (QED) is 0.640. The lowest BCUT2D eigenvalue weighted by Crippen LogP contribution is -2.63.